The van der Waals surface area contributed by atoms with Crippen molar-refractivity contribution in [3.63, 3.8) is 0 Å². The van der Waals surface area contributed by atoms with Gasteiger partial charge in [-0.3, -0.25) is 0 Å². The zero-order valence-corrected chi connectivity index (χ0v) is 12.1. The number of hydrogen-bond donors (Lipinski definition) is 1. The summed E-state index contributed by atoms with van der Waals surface area (Å²) in [4.78, 5) is 0. The molecule has 0 heterocycles. The lowest BCUT2D eigenvalue weighted by Gasteiger charge is -2.16. The molecule has 0 fully saturated rings. The predicted molar refractivity (Wildman–Crippen MR) is 77.9 cm³/mol. The van der Waals surface area contributed by atoms with Gasteiger partial charge >= 0.3 is 0 Å². The van der Waals surface area contributed by atoms with Gasteiger partial charge in [0.15, 0.2) is 0 Å². The highest BCUT2D eigenvalue weighted by atomic mass is 16.5. The van der Waals surface area contributed by atoms with Crippen molar-refractivity contribution in [2.75, 3.05) is 6.61 Å². The van der Waals surface area contributed by atoms with Gasteiger partial charge in [0.2, 0.25) is 0 Å². The fourth-order valence-corrected chi connectivity index (χ4v) is 1.91. The first-order chi connectivity index (χ1) is 8.94. The summed E-state index contributed by atoms with van der Waals surface area (Å²) in [5.41, 5.74) is 6.71. The molecular weight excluding hydrogens is 236 g/mol. The number of ether oxygens (including phenoxy) is 1. The molecule has 0 saturated carbocycles. The van der Waals surface area contributed by atoms with Crippen LogP contribution in [0.15, 0.2) is 24.3 Å². The third-order valence-electron chi connectivity index (χ3n) is 3.02. The van der Waals surface area contributed by atoms with Crippen molar-refractivity contribution in [3.8, 4) is 11.8 Å². The third-order valence-corrected chi connectivity index (χ3v) is 3.02. The SMILES string of the molecule is CC(N)Cc1ccccc1OCCCC(C)(C)C#N. The minimum Gasteiger partial charge on any atom is -0.493 e. The van der Waals surface area contributed by atoms with Gasteiger partial charge in [-0.25, -0.2) is 0 Å². The Labute approximate surface area is 116 Å². The highest BCUT2D eigenvalue weighted by molar-refractivity contribution is 5.33. The van der Waals surface area contributed by atoms with Crippen LogP contribution in [-0.2, 0) is 6.42 Å². The second-order valence-electron chi connectivity index (χ2n) is 5.74. The summed E-state index contributed by atoms with van der Waals surface area (Å²) in [6.45, 7) is 6.54. The summed E-state index contributed by atoms with van der Waals surface area (Å²) in [5, 5.41) is 8.95. The molecule has 0 aromatic heterocycles. The van der Waals surface area contributed by atoms with E-state index in [1.165, 1.54) is 0 Å². The second kappa shape index (κ2) is 7.16. The van der Waals surface area contributed by atoms with Crippen LogP contribution >= 0.6 is 0 Å². The van der Waals surface area contributed by atoms with Crippen molar-refractivity contribution in [2.24, 2.45) is 11.1 Å². The van der Waals surface area contributed by atoms with Crippen LogP contribution in [0.2, 0.25) is 0 Å². The van der Waals surface area contributed by atoms with Gasteiger partial charge in [-0.05, 0) is 51.7 Å². The first kappa shape index (κ1) is 15.5. The maximum absolute atomic E-state index is 8.95. The Morgan fingerprint density at radius 2 is 2.05 bits per heavy atom. The molecule has 0 saturated heterocycles. The molecule has 104 valence electrons. The van der Waals surface area contributed by atoms with E-state index in [0.717, 1.165) is 30.6 Å². The molecule has 1 atom stereocenters. The van der Waals surface area contributed by atoms with Gasteiger partial charge < -0.3 is 10.5 Å². The molecule has 3 nitrogen and oxygen atoms in total. The van der Waals surface area contributed by atoms with E-state index in [1.54, 1.807) is 0 Å². The number of para-hydroxylation sites is 1. The van der Waals surface area contributed by atoms with E-state index in [9.17, 15) is 0 Å². The minimum absolute atomic E-state index is 0.127. The maximum Gasteiger partial charge on any atom is 0.122 e. The third kappa shape index (κ3) is 5.76. The molecule has 1 unspecified atom stereocenters. The quantitative estimate of drug-likeness (QED) is 0.765. The second-order valence-corrected chi connectivity index (χ2v) is 5.74. The number of nitrogens with zero attached hydrogens (tertiary/aromatic N) is 1. The Morgan fingerprint density at radius 3 is 2.68 bits per heavy atom. The molecule has 0 aliphatic rings. The molecule has 0 spiro atoms. The average Bonchev–Trinajstić information content (AvgIpc) is 2.36. The smallest absolute Gasteiger partial charge is 0.122 e. The molecule has 3 heteroatoms. The summed E-state index contributed by atoms with van der Waals surface area (Å²) in [6.07, 6.45) is 2.55. The lowest BCUT2D eigenvalue weighted by atomic mass is 9.90. The number of benzene rings is 1. The van der Waals surface area contributed by atoms with E-state index in [1.807, 2.05) is 39.0 Å². The fourth-order valence-electron chi connectivity index (χ4n) is 1.91. The average molecular weight is 260 g/mol. The summed E-state index contributed by atoms with van der Waals surface area (Å²) < 4.78 is 5.81. The lowest BCUT2D eigenvalue weighted by molar-refractivity contribution is 0.281. The molecule has 0 radical (unpaired) electrons. The standard InChI is InChI=1S/C16H24N2O/c1-13(18)11-14-7-4-5-8-15(14)19-10-6-9-16(2,3)12-17/h4-5,7-8,13H,6,9-11,18H2,1-3H3. The molecule has 0 aliphatic carbocycles. The van der Waals surface area contributed by atoms with E-state index in [0.29, 0.717) is 6.61 Å². The molecule has 1 aromatic carbocycles. The zero-order valence-electron chi connectivity index (χ0n) is 12.1. The summed E-state index contributed by atoms with van der Waals surface area (Å²) >= 11 is 0. The van der Waals surface area contributed by atoms with Crippen molar-refractivity contribution in [1.82, 2.24) is 0 Å². The summed E-state index contributed by atoms with van der Waals surface area (Å²) in [5.74, 6) is 0.912. The van der Waals surface area contributed by atoms with Crippen molar-refractivity contribution in [3.05, 3.63) is 29.8 Å². The van der Waals surface area contributed by atoms with Crippen LogP contribution in [0.3, 0.4) is 0 Å². The van der Waals surface area contributed by atoms with Gasteiger partial charge in [0.1, 0.15) is 5.75 Å². The Morgan fingerprint density at radius 1 is 1.37 bits per heavy atom. The van der Waals surface area contributed by atoms with E-state index >= 15 is 0 Å². The number of nitriles is 1. The van der Waals surface area contributed by atoms with E-state index < -0.39 is 0 Å². The first-order valence-electron chi connectivity index (χ1n) is 6.82. The maximum atomic E-state index is 8.95. The Bertz CT molecular complexity index is 433. The van der Waals surface area contributed by atoms with Crippen LogP contribution in [0.5, 0.6) is 5.75 Å². The molecule has 0 aliphatic heterocycles. The van der Waals surface area contributed by atoms with Crippen molar-refractivity contribution in [2.45, 2.75) is 46.1 Å². The van der Waals surface area contributed by atoms with Gasteiger partial charge in [0, 0.05) is 6.04 Å². The summed E-state index contributed by atoms with van der Waals surface area (Å²) in [6, 6.07) is 10.4. The predicted octanol–water partition coefficient (Wildman–Crippen LogP) is 3.29. The number of nitrogens with two attached hydrogens (primary N) is 1. The molecule has 2 N–H and O–H groups in total. The molecule has 0 bridgehead atoms. The van der Waals surface area contributed by atoms with Crippen LogP contribution in [0, 0.1) is 16.7 Å². The van der Waals surface area contributed by atoms with Gasteiger partial charge in [0.25, 0.3) is 0 Å². The normalized spacial score (nSPS) is 12.8. The lowest BCUT2D eigenvalue weighted by Crippen LogP contribution is -2.18. The van der Waals surface area contributed by atoms with E-state index in [2.05, 4.69) is 12.1 Å². The van der Waals surface area contributed by atoms with E-state index in [-0.39, 0.29) is 11.5 Å². The first-order valence-corrected chi connectivity index (χ1v) is 6.82. The van der Waals surface area contributed by atoms with Gasteiger partial charge in [0.05, 0.1) is 18.1 Å². The molecule has 0 amide bonds. The number of hydrogen-bond acceptors (Lipinski definition) is 3. The largest absolute Gasteiger partial charge is 0.493 e. The van der Waals surface area contributed by atoms with Crippen LogP contribution < -0.4 is 10.5 Å². The highest BCUT2D eigenvalue weighted by Crippen LogP contribution is 2.23. The monoisotopic (exact) mass is 260 g/mol. The molecule has 1 aromatic rings. The molecule has 19 heavy (non-hydrogen) atoms. The Kier molecular flexibility index (Phi) is 5.85. The van der Waals surface area contributed by atoms with E-state index in [4.69, 9.17) is 15.7 Å². The van der Waals surface area contributed by atoms with Crippen LogP contribution in [0.1, 0.15) is 39.2 Å². The van der Waals surface area contributed by atoms with Crippen molar-refractivity contribution in [1.29, 1.82) is 5.26 Å². The van der Waals surface area contributed by atoms with Crippen LogP contribution in [0.4, 0.5) is 0 Å². The topological polar surface area (TPSA) is 59.0 Å². The Balaban J connectivity index is 2.48. The van der Waals surface area contributed by atoms with Crippen LogP contribution in [-0.4, -0.2) is 12.6 Å². The highest BCUT2D eigenvalue weighted by Gasteiger charge is 2.15. The van der Waals surface area contributed by atoms with Gasteiger partial charge in [-0.2, -0.15) is 5.26 Å². The zero-order chi connectivity index (χ0) is 14.3. The number of rotatable bonds is 7. The van der Waals surface area contributed by atoms with Gasteiger partial charge in [-0.1, -0.05) is 18.2 Å². The Hall–Kier alpha value is -1.53. The van der Waals surface area contributed by atoms with Crippen molar-refractivity contribution >= 4 is 0 Å². The fraction of sp³-hybridized carbons (Fsp3) is 0.562. The minimum atomic E-state index is -0.269. The molecular formula is C16H24N2O. The van der Waals surface area contributed by atoms with Crippen molar-refractivity contribution < 1.29 is 4.74 Å². The summed E-state index contributed by atoms with van der Waals surface area (Å²) in [7, 11) is 0. The van der Waals surface area contributed by atoms with Crippen LogP contribution in [0.25, 0.3) is 0 Å². The molecule has 1 rings (SSSR count). The van der Waals surface area contributed by atoms with Gasteiger partial charge in [-0.15, -0.1) is 0 Å².